The lowest BCUT2D eigenvalue weighted by Gasteiger charge is -2.36. The van der Waals surface area contributed by atoms with Crippen molar-refractivity contribution in [2.45, 2.75) is 50.4 Å². The van der Waals surface area contributed by atoms with Crippen molar-refractivity contribution in [1.29, 1.82) is 0 Å². The third-order valence-electron chi connectivity index (χ3n) is 5.69. The molecule has 0 unspecified atom stereocenters. The molecule has 27 heavy (non-hydrogen) atoms. The van der Waals surface area contributed by atoms with E-state index < -0.39 is 5.41 Å². The Morgan fingerprint density at radius 1 is 1.19 bits per heavy atom. The predicted molar refractivity (Wildman–Crippen MR) is 111 cm³/mol. The summed E-state index contributed by atoms with van der Waals surface area (Å²) >= 11 is 5.32. The Morgan fingerprint density at radius 3 is 2.67 bits per heavy atom. The monoisotopic (exact) mass is 448 g/mol. The van der Waals surface area contributed by atoms with E-state index in [2.05, 4.69) is 33.4 Å². The van der Waals surface area contributed by atoms with Crippen molar-refractivity contribution >= 4 is 33.2 Å². The first-order chi connectivity index (χ1) is 13.2. The molecule has 6 heteroatoms. The Bertz CT molecular complexity index is 774. The number of hydrogen-bond donors (Lipinski definition) is 1. The Labute approximate surface area is 172 Å². The van der Waals surface area contributed by atoms with E-state index in [1.807, 2.05) is 23.5 Å². The van der Waals surface area contributed by atoms with Crippen LogP contribution in [-0.2, 0) is 34.2 Å². The number of rotatable bonds is 5. The van der Waals surface area contributed by atoms with Crippen LogP contribution in [0.1, 0.15) is 46.8 Å². The molecule has 1 amide bonds. The fourth-order valence-electron chi connectivity index (χ4n) is 4.10. The molecule has 1 aromatic carbocycles. The van der Waals surface area contributed by atoms with E-state index in [-0.39, 0.29) is 5.91 Å². The van der Waals surface area contributed by atoms with Gasteiger partial charge >= 0.3 is 0 Å². The van der Waals surface area contributed by atoms with Crippen molar-refractivity contribution < 1.29 is 9.53 Å². The minimum absolute atomic E-state index is 0.120. The number of ether oxygens (including phenoxy) is 1. The summed E-state index contributed by atoms with van der Waals surface area (Å²) in [5.74, 6) is 0.120. The number of benzene rings is 1. The largest absolute Gasteiger partial charge is 0.381 e. The highest BCUT2D eigenvalue weighted by atomic mass is 79.9. The number of halogens is 1. The molecule has 2 aliphatic rings. The number of thiazole rings is 1. The van der Waals surface area contributed by atoms with Gasteiger partial charge in [-0.2, -0.15) is 0 Å². The van der Waals surface area contributed by atoms with Gasteiger partial charge in [-0.05, 0) is 56.2 Å². The van der Waals surface area contributed by atoms with E-state index in [1.54, 1.807) is 0 Å². The van der Waals surface area contributed by atoms with Gasteiger partial charge in [0, 0.05) is 35.5 Å². The lowest BCUT2D eigenvalue weighted by atomic mass is 9.73. The van der Waals surface area contributed by atoms with Gasteiger partial charge in [0.2, 0.25) is 5.91 Å². The van der Waals surface area contributed by atoms with Crippen molar-refractivity contribution in [1.82, 2.24) is 10.3 Å². The van der Waals surface area contributed by atoms with Crippen molar-refractivity contribution in [3.63, 3.8) is 0 Å². The second kappa shape index (κ2) is 8.41. The minimum Gasteiger partial charge on any atom is -0.381 e. The minimum atomic E-state index is -0.485. The molecule has 1 N–H and O–H groups in total. The van der Waals surface area contributed by atoms with E-state index in [4.69, 9.17) is 9.72 Å². The summed E-state index contributed by atoms with van der Waals surface area (Å²) in [6, 6.07) is 8.15. The first-order valence-corrected chi connectivity index (χ1v) is 11.4. The van der Waals surface area contributed by atoms with Crippen LogP contribution >= 0.6 is 27.3 Å². The van der Waals surface area contributed by atoms with Crippen LogP contribution in [0.4, 0.5) is 0 Å². The number of nitrogens with one attached hydrogen (secondary N) is 1. The summed E-state index contributed by atoms with van der Waals surface area (Å²) in [4.78, 5) is 19.4. The zero-order chi connectivity index (χ0) is 18.7. The highest BCUT2D eigenvalue weighted by Gasteiger charge is 2.41. The van der Waals surface area contributed by atoms with Gasteiger partial charge in [-0.3, -0.25) is 4.79 Å². The fraction of sp³-hybridized carbons (Fsp3) is 0.524. The molecule has 144 valence electrons. The van der Waals surface area contributed by atoms with Crippen LogP contribution in [0.25, 0.3) is 0 Å². The quantitative estimate of drug-likeness (QED) is 0.745. The molecule has 0 spiro atoms. The molecule has 1 aliphatic heterocycles. The zero-order valence-electron chi connectivity index (χ0n) is 15.4. The van der Waals surface area contributed by atoms with Crippen molar-refractivity contribution in [3.05, 3.63) is 49.9 Å². The van der Waals surface area contributed by atoms with E-state index in [1.165, 1.54) is 29.8 Å². The highest BCUT2D eigenvalue weighted by molar-refractivity contribution is 9.10. The van der Waals surface area contributed by atoms with E-state index in [0.717, 1.165) is 40.7 Å². The molecule has 4 nitrogen and oxygen atoms in total. The first kappa shape index (κ1) is 19.1. The van der Waals surface area contributed by atoms with Crippen LogP contribution in [0, 0.1) is 0 Å². The van der Waals surface area contributed by atoms with Crippen LogP contribution in [0.15, 0.2) is 28.7 Å². The van der Waals surface area contributed by atoms with Gasteiger partial charge in [-0.1, -0.05) is 28.1 Å². The van der Waals surface area contributed by atoms with Crippen molar-refractivity contribution in [3.8, 4) is 0 Å². The maximum absolute atomic E-state index is 13.2. The summed E-state index contributed by atoms with van der Waals surface area (Å²) < 4.78 is 6.57. The second-order valence-corrected chi connectivity index (χ2v) is 9.48. The SMILES string of the molecule is O=C(NCCc1nc2c(s1)CCCC2)C1(c2ccc(Br)cc2)CCOCC1. The standard InChI is InChI=1S/C21H25BrN2O2S/c22-16-7-5-15(6-8-16)21(10-13-26-14-11-21)20(25)23-12-9-19-24-17-3-1-2-4-18(17)27-19/h5-8H,1-4,9-14H2,(H,23,25). The molecule has 0 bridgehead atoms. The molecular weight excluding hydrogens is 424 g/mol. The average Bonchev–Trinajstić information content (AvgIpc) is 3.11. The zero-order valence-corrected chi connectivity index (χ0v) is 17.8. The summed E-state index contributed by atoms with van der Waals surface area (Å²) in [7, 11) is 0. The molecule has 0 saturated carbocycles. The third kappa shape index (κ3) is 4.13. The normalized spacial score (nSPS) is 18.7. The van der Waals surface area contributed by atoms with E-state index in [0.29, 0.717) is 19.8 Å². The second-order valence-electron chi connectivity index (χ2n) is 7.39. The molecule has 2 aromatic rings. The number of carbonyl (C=O) groups excluding carboxylic acids is 1. The number of hydrogen-bond acceptors (Lipinski definition) is 4. The predicted octanol–water partition coefficient (Wildman–Crippen LogP) is 4.19. The molecule has 1 aliphatic carbocycles. The Balaban J connectivity index is 1.42. The highest BCUT2D eigenvalue weighted by Crippen LogP contribution is 2.36. The summed E-state index contributed by atoms with van der Waals surface area (Å²) in [5, 5.41) is 4.35. The molecular formula is C21H25BrN2O2S. The molecule has 1 aromatic heterocycles. The van der Waals surface area contributed by atoms with Gasteiger partial charge in [0.1, 0.15) is 0 Å². The third-order valence-corrected chi connectivity index (χ3v) is 7.44. The lowest BCUT2D eigenvalue weighted by molar-refractivity contribution is -0.130. The molecule has 1 fully saturated rings. The number of aromatic nitrogens is 1. The maximum atomic E-state index is 13.2. The fourth-order valence-corrected chi connectivity index (χ4v) is 5.52. The number of fused-ring (bicyclic) bond motifs is 1. The molecule has 0 radical (unpaired) electrons. The van der Waals surface area contributed by atoms with Crippen molar-refractivity contribution in [2.24, 2.45) is 0 Å². The van der Waals surface area contributed by atoms with Crippen LogP contribution in [0.5, 0.6) is 0 Å². The van der Waals surface area contributed by atoms with Crippen molar-refractivity contribution in [2.75, 3.05) is 19.8 Å². The Morgan fingerprint density at radius 2 is 1.93 bits per heavy atom. The van der Waals surface area contributed by atoms with Crippen LogP contribution in [0.2, 0.25) is 0 Å². The van der Waals surface area contributed by atoms with Gasteiger partial charge in [-0.25, -0.2) is 4.98 Å². The molecule has 0 atom stereocenters. The average molecular weight is 449 g/mol. The van der Waals surface area contributed by atoms with E-state index in [9.17, 15) is 4.79 Å². The Hall–Kier alpha value is -1.24. The first-order valence-electron chi connectivity index (χ1n) is 9.77. The van der Waals surface area contributed by atoms with Gasteiger partial charge in [0.05, 0.1) is 16.1 Å². The van der Waals surface area contributed by atoms with E-state index >= 15 is 0 Å². The smallest absolute Gasteiger partial charge is 0.230 e. The number of aryl methyl sites for hydroxylation is 2. The van der Waals surface area contributed by atoms with Gasteiger partial charge < -0.3 is 10.1 Å². The van der Waals surface area contributed by atoms with Gasteiger partial charge in [0.15, 0.2) is 0 Å². The topological polar surface area (TPSA) is 51.2 Å². The molecule has 2 heterocycles. The summed E-state index contributed by atoms with van der Waals surface area (Å²) in [6.07, 6.45) is 7.10. The van der Waals surface area contributed by atoms with Gasteiger partial charge in [-0.15, -0.1) is 11.3 Å². The number of carbonyl (C=O) groups is 1. The van der Waals surface area contributed by atoms with Crippen LogP contribution in [0.3, 0.4) is 0 Å². The maximum Gasteiger partial charge on any atom is 0.230 e. The Kier molecular flexibility index (Phi) is 5.95. The summed E-state index contributed by atoms with van der Waals surface area (Å²) in [5.41, 5.74) is 1.89. The number of nitrogens with zero attached hydrogens (tertiary/aromatic N) is 1. The molecule has 1 saturated heterocycles. The van der Waals surface area contributed by atoms with Crippen LogP contribution < -0.4 is 5.32 Å². The summed E-state index contributed by atoms with van der Waals surface area (Å²) in [6.45, 7) is 1.90. The lowest BCUT2D eigenvalue weighted by Crippen LogP contribution is -2.48. The van der Waals surface area contributed by atoms with Crippen LogP contribution in [-0.4, -0.2) is 30.6 Å². The molecule has 4 rings (SSSR count). The van der Waals surface area contributed by atoms with Gasteiger partial charge in [0.25, 0.3) is 0 Å². The number of amides is 1.